The summed E-state index contributed by atoms with van der Waals surface area (Å²) in [6.45, 7) is 3.97. The lowest BCUT2D eigenvalue weighted by Gasteiger charge is -2.29. The van der Waals surface area contributed by atoms with Gasteiger partial charge in [0.25, 0.3) is 5.89 Å². The molecule has 1 aromatic carbocycles. The van der Waals surface area contributed by atoms with Crippen molar-refractivity contribution in [2.45, 2.75) is 51.7 Å². The number of halogens is 3. The van der Waals surface area contributed by atoms with Crippen molar-refractivity contribution in [3.05, 3.63) is 75.5 Å². The van der Waals surface area contributed by atoms with Gasteiger partial charge in [-0.1, -0.05) is 49.6 Å². The van der Waals surface area contributed by atoms with Crippen LogP contribution < -0.4 is 5.76 Å². The van der Waals surface area contributed by atoms with Gasteiger partial charge in [0.1, 0.15) is 17.0 Å². The van der Waals surface area contributed by atoms with Crippen LogP contribution in [-0.2, 0) is 12.2 Å². The molecule has 4 aromatic heterocycles. The molecule has 1 N–H and O–H groups in total. The number of nitrogens with one attached hydrogen (secondary N) is 1. The molecule has 1 aliphatic carbocycles. The summed E-state index contributed by atoms with van der Waals surface area (Å²) >= 11 is 6.28. The van der Waals surface area contributed by atoms with Crippen molar-refractivity contribution >= 4 is 22.8 Å². The predicted molar refractivity (Wildman–Crippen MR) is 145 cm³/mol. The molecule has 12 heteroatoms. The number of aromatic amines is 1. The molecule has 206 valence electrons. The normalized spacial score (nSPS) is 19.1. The second-order valence-corrected chi connectivity index (χ2v) is 11.0. The monoisotopic (exact) mass is 565 g/mol. The molecule has 1 fully saturated rings. The van der Waals surface area contributed by atoms with E-state index in [1.807, 2.05) is 0 Å². The molecule has 1 saturated carbocycles. The number of pyridine rings is 1. The predicted octanol–water partition coefficient (Wildman–Crippen LogP) is 6.08. The highest BCUT2D eigenvalue weighted by Gasteiger charge is 2.39. The van der Waals surface area contributed by atoms with Gasteiger partial charge in [-0.25, -0.2) is 33.6 Å². The molecule has 0 aliphatic heterocycles. The van der Waals surface area contributed by atoms with E-state index >= 15 is 4.39 Å². The second kappa shape index (κ2) is 10.2. The molecular weight excluding hydrogens is 540 g/mol. The number of H-pyrrole nitrogens is 1. The number of imidazole rings is 1. The van der Waals surface area contributed by atoms with Gasteiger partial charge < -0.3 is 8.98 Å². The van der Waals surface area contributed by atoms with Crippen LogP contribution in [0.5, 0.6) is 0 Å². The quantitative estimate of drug-likeness (QED) is 0.265. The summed E-state index contributed by atoms with van der Waals surface area (Å²) in [5.41, 5.74) is -0.981. The summed E-state index contributed by atoms with van der Waals surface area (Å²) < 4.78 is 38.7. The maximum Gasteiger partial charge on any atom is 0.434 e. The zero-order valence-corrected chi connectivity index (χ0v) is 22.6. The highest BCUT2D eigenvalue weighted by molar-refractivity contribution is 6.30. The van der Waals surface area contributed by atoms with Crippen molar-refractivity contribution in [3.63, 3.8) is 0 Å². The highest BCUT2D eigenvalue weighted by Crippen LogP contribution is 2.40. The van der Waals surface area contributed by atoms with Crippen molar-refractivity contribution < 1.29 is 13.2 Å². The summed E-state index contributed by atoms with van der Waals surface area (Å²) in [5.74, 6) is -0.772. The Labute approximate surface area is 232 Å². The van der Waals surface area contributed by atoms with Gasteiger partial charge in [-0.2, -0.15) is 0 Å². The largest absolute Gasteiger partial charge is 0.434 e. The van der Waals surface area contributed by atoms with Gasteiger partial charge in [0, 0.05) is 30.1 Å². The van der Waals surface area contributed by atoms with E-state index in [0.717, 1.165) is 25.7 Å². The van der Waals surface area contributed by atoms with Crippen LogP contribution >= 0.6 is 11.6 Å². The first-order valence-corrected chi connectivity index (χ1v) is 13.5. The molecule has 0 bridgehead atoms. The van der Waals surface area contributed by atoms with Crippen molar-refractivity contribution in [1.29, 1.82) is 0 Å². The van der Waals surface area contributed by atoms with Crippen molar-refractivity contribution in [1.82, 2.24) is 34.7 Å². The number of benzene rings is 1. The van der Waals surface area contributed by atoms with E-state index in [1.165, 1.54) is 31.3 Å². The average molecular weight is 566 g/mol. The number of hydrogen-bond donors (Lipinski definition) is 1. The maximum atomic E-state index is 16.9. The molecule has 5 aromatic rings. The Morgan fingerprint density at radius 1 is 1.15 bits per heavy atom. The first kappa shape index (κ1) is 26.2. The molecule has 4 heterocycles. The molecule has 1 aliphatic rings. The number of fused-ring (bicyclic) bond motifs is 1. The number of alkyl halides is 1. The maximum absolute atomic E-state index is 16.9. The molecule has 1 unspecified atom stereocenters. The molecular formula is C28H26ClF2N7O2. The number of aromatic nitrogens is 7. The van der Waals surface area contributed by atoms with Crippen LogP contribution in [0.1, 0.15) is 50.9 Å². The van der Waals surface area contributed by atoms with Gasteiger partial charge in [0.15, 0.2) is 17.1 Å². The van der Waals surface area contributed by atoms with E-state index < -0.39 is 17.2 Å². The minimum absolute atomic E-state index is 0.00242. The zero-order chi connectivity index (χ0) is 28.0. The first-order valence-electron chi connectivity index (χ1n) is 13.1. The molecule has 0 radical (unpaired) electrons. The molecule has 1 atom stereocenters. The van der Waals surface area contributed by atoms with Crippen LogP contribution in [0.25, 0.3) is 34.1 Å². The van der Waals surface area contributed by atoms with E-state index in [2.05, 4.69) is 37.1 Å². The Hall–Kier alpha value is -3.99. The Morgan fingerprint density at radius 3 is 2.62 bits per heavy atom. The SMILES string of the molecule is CC(F)(c1ccccc1F)c1nc2nc(-c3n[nH]c(=O)o3)nc(-c3cncc(Cl)c3)c2n1C[C@H]1CC[C@H](C)CC1. The Balaban J connectivity index is 1.64. The topological polar surface area (TPSA) is 115 Å². The van der Waals surface area contributed by atoms with Crippen LogP contribution in [0.4, 0.5) is 8.78 Å². The number of hydrogen-bond acceptors (Lipinski definition) is 7. The van der Waals surface area contributed by atoms with E-state index in [-0.39, 0.29) is 34.7 Å². The molecule has 0 amide bonds. The minimum Gasteiger partial charge on any atom is -0.384 e. The third kappa shape index (κ3) is 4.78. The molecule has 40 heavy (non-hydrogen) atoms. The van der Waals surface area contributed by atoms with E-state index in [9.17, 15) is 9.18 Å². The summed E-state index contributed by atoms with van der Waals surface area (Å²) in [7, 11) is 0. The third-order valence-corrected chi connectivity index (χ3v) is 7.79. The van der Waals surface area contributed by atoms with Gasteiger partial charge >= 0.3 is 5.76 Å². The Bertz CT molecular complexity index is 1760. The summed E-state index contributed by atoms with van der Waals surface area (Å²) in [4.78, 5) is 29.7. The van der Waals surface area contributed by atoms with E-state index in [4.69, 9.17) is 16.0 Å². The van der Waals surface area contributed by atoms with Crippen LogP contribution in [0, 0.1) is 17.7 Å². The smallest absolute Gasteiger partial charge is 0.384 e. The Morgan fingerprint density at radius 2 is 1.93 bits per heavy atom. The lowest BCUT2D eigenvalue weighted by atomic mass is 9.83. The van der Waals surface area contributed by atoms with Crippen LogP contribution in [0.2, 0.25) is 5.02 Å². The van der Waals surface area contributed by atoms with Gasteiger partial charge in [0.05, 0.1) is 5.02 Å². The number of nitrogens with zero attached hydrogens (tertiary/aromatic N) is 6. The summed E-state index contributed by atoms with van der Waals surface area (Å²) in [5, 5.41) is 6.42. The third-order valence-electron chi connectivity index (χ3n) is 7.59. The summed E-state index contributed by atoms with van der Waals surface area (Å²) in [6.07, 6.45) is 7.12. The van der Waals surface area contributed by atoms with Gasteiger partial charge in [-0.05, 0) is 43.7 Å². The molecule has 0 saturated heterocycles. The fourth-order valence-corrected chi connectivity index (χ4v) is 5.64. The number of rotatable bonds is 6. The minimum atomic E-state index is -2.31. The highest BCUT2D eigenvalue weighted by atomic mass is 35.5. The zero-order valence-electron chi connectivity index (χ0n) is 21.9. The molecule has 6 rings (SSSR count). The second-order valence-electron chi connectivity index (χ2n) is 10.5. The first-order chi connectivity index (χ1) is 19.2. The fraction of sp³-hybridized carbons (Fsp3) is 0.357. The molecule has 0 spiro atoms. The van der Waals surface area contributed by atoms with E-state index in [1.54, 1.807) is 22.9 Å². The van der Waals surface area contributed by atoms with E-state index in [0.29, 0.717) is 34.3 Å². The Kier molecular flexibility index (Phi) is 6.69. The van der Waals surface area contributed by atoms with Crippen molar-refractivity contribution in [3.8, 4) is 23.0 Å². The average Bonchev–Trinajstić information content (AvgIpc) is 3.53. The van der Waals surface area contributed by atoms with Crippen LogP contribution in [0.3, 0.4) is 0 Å². The van der Waals surface area contributed by atoms with Gasteiger partial charge in [0.2, 0.25) is 5.82 Å². The van der Waals surface area contributed by atoms with Crippen LogP contribution in [0.15, 0.2) is 51.9 Å². The van der Waals surface area contributed by atoms with Gasteiger partial charge in [-0.15, -0.1) is 5.10 Å². The van der Waals surface area contributed by atoms with Crippen molar-refractivity contribution in [2.24, 2.45) is 11.8 Å². The van der Waals surface area contributed by atoms with Crippen LogP contribution in [-0.4, -0.2) is 34.7 Å². The fourth-order valence-electron chi connectivity index (χ4n) is 5.47. The van der Waals surface area contributed by atoms with Gasteiger partial charge in [-0.3, -0.25) is 4.98 Å². The lowest BCUT2D eigenvalue weighted by Crippen LogP contribution is -2.27. The summed E-state index contributed by atoms with van der Waals surface area (Å²) in [6, 6.07) is 7.42. The standard InChI is InChI=1S/C28H26ClF2N7O2/c1-15-7-9-16(10-8-15)14-38-22-21(17-11-18(29)13-32-12-17)33-24(25-36-37-27(39)40-25)34-23(22)35-26(38)28(2,31)19-5-3-4-6-20(19)30/h3-6,11-13,15-16H,7-10,14H2,1-2H3,(H,37,39)/t15-,16-,28?. The lowest BCUT2D eigenvalue weighted by molar-refractivity contribution is 0.209. The molecule has 9 nitrogen and oxygen atoms in total. The van der Waals surface area contributed by atoms with Crippen molar-refractivity contribution in [2.75, 3.05) is 0 Å².